The molecule has 0 unspecified atom stereocenters. The normalized spacial score (nSPS) is 10.3. The molecule has 116 valence electrons. The molecule has 1 heterocycles. The number of aryl methyl sites for hydroxylation is 2. The molecule has 0 aliphatic rings. The van der Waals surface area contributed by atoms with Gasteiger partial charge in [-0.2, -0.15) is 0 Å². The lowest BCUT2D eigenvalue weighted by atomic mass is 10.1. The van der Waals surface area contributed by atoms with Crippen molar-refractivity contribution in [2.45, 2.75) is 20.4 Å². The Labute approximate surface area is 134 Å². The van der Waals surface area contributed by atoms with Crippen LogP contribution in [0, 0.1) is 13.8 Å². The first kappa shape index (κ1) is 16.2. The van der Waals surface area contributed by atoms with E-state index < -0.39 is 0 Å². The van der Waals surface area contributed by atoms with E-state index in [0.717, 1.165) is 16.0 Å². The van der Waals surface area contributed by atoms with Gasteiger partial charge in [0.15, 0.2) is 0 Å². The fourth-order valence-corrected chi connectivity index (χ4v) is 2.76. The lowest BCUT2D eigenvalue weighted by molar-refractivity contribution is -0.129. The van der Waals surface area contributed by atoms with Gasteiger partial charge in [-0.3, -0.25) is 9.59 Å². The topological polar surface area (TPSA) is 49.4 Å². The van der Waals surface area contributed by atoms with Crippen molar-refractivity contribution in [1.29, 1.82) is 0 Å². The number of thiophene rings is 1. The van der Waals surface area contributed by atoms with E-state index in [9.17, 15) is 9.59 Å². The monoisotopic (exact) mass is 316 g/mol. The minimum atomic E-state index is -0.221. The molecule has 0 bridgehead atoms. The third kappa shape index (κ3) is 4.18. The molecule has 5 heteroatoms. The summed E-state index contributed by atoms with van der Waals surface area (Å²) in [5.41, 5.74) is 2.79. The van der Waals surface area contributed by atoms with E-state index in [1.54, 1.807) is 29.4 Å². The molecule has 1 aromatic carbocycles. The highest BCUT2D eigenvalue weighted by Crippen LogP contribution is 2.11. The van der Waals surface area contributed by atoms with Gasteiger partial charge < -0.3 is 10.2 Å². The Kier molecular flexibility index (Phi) is 5.33. The second-order valence-corrected chi connectivity index (χ2v) is 6.34. The molecule has 1 aromatic heterocycles. The third-order valence-electron chi connectivity index (χ3n) is 3.57. The van der Waals surface area contributed by atoms with Gasteiger partial charge in [0.2, 0.25) is 5.91 Å². The van der Waals surface area contributed by atoms with Gasteiger partial charge in [0.1, 0.15) is 0 Å². The first-order valence-electron chi connectivity index (χ1n) is 7.09. The summed E-state index contributed by atoms with van der Waals surface area (Å²) in [5, 5.41) is 4.66. The van der Waals surface area contributed by atoms with Crippen LogP contribution in [-0.2, 0) is 11.3 Å². The van der Waals surface area contributed by atoms with Crippen molar-refractivity contribution in [1.82, 2.24) is 10.2 Å². The Hall–Kier alpha value is -2.14. The highest BCUT2D eigenvalue weighted by molar-refractivity contribution is 7.09. The van der Waals surface area contributed by atoms with Crippen LogP contribution in [0.15, 0.2) is 35.7 Å². The summed E-state index contributed by atoms with van der Waals surface area (Å²) >= 11 is 1.61. The summed E-state index contributed by atoms with van der Waals surface area (Å²) in [7, 11) is 1.74. The first-order chi connectivity index (χ1) is 10.5. The first-order valence-corrected chi connectivity index (χ1v) is 7.97. The van der Waals surface area contributed by atoms with E-state index in [4.69, 9.17) is 0 Å². The van der Waals surface area contributed by atoms with Crippen LogP contribution in [0.5, 0.6) is 0 Å². The molecule has 2 rings (SSSR count). The van der Waals surface area contributed by atoms with Gasteiger partial charge in [-0.05, 0) is 48.6 Å². The van der Waals surface area contributed by atoms with Crippen LogP contribution in [0.2, 0.25) is 0 Å². The number of nitrogens with one attached hydrogen (secondary N) is 1. The average molecular weight is 316 g/mol. The molecule has 0 spiro atoms. The smallest absolute Gasteiger partial charge is 0.251 e. The fourth-order valence-electron chi connectivity index (χ4n) is 2.00. The second-order valence-electron chi connectivity index (χ2n) is 5.31. The Balaban J connectivity index is 1.87. The molecule has 4 nitrogen and oxygen atoms in total. The van der Waals surface area contributed by atoms with E-state index in [1.807, 2.05) is 43.5 Å². The minimum absolute atomic E-state index is 0.00757. The molecule has 2 aromatic rings. The van der Waals surface area contributed by atoms with Gasteiger partial charge in [0.25, 0.3) is 5.91 Å². The zero-order valence-corrected chi connectivity index (χ0v) is 13.9. The van der Waals surface area contributed by atoms with Gasteiger partial charge in [0, 0.05) is 17.5 Å². The van der Waals surface area contributed by atoms with Crippen molar-refractivity contribution < 1.29 is 9.59 Å². The molecular weight excluding hydrogens is 296 g/mol. The number of likely N-dealkylation sites (N-methyl/N-ethyl adjacent to an activating group) is 1. The minimum Gasteiger partial charge on any atom is -0.343 e. The predicted octanol–water partition coefficient (Wildman–Crippen LogP) is 2.75. The zero-order valence-electron chi connectivity index (χ0n) is 13.1. The van der Waals surface area contributed by atoms with E-state index in [-0.39, 0.29) is 18.4 Å². The molecule has 22 heavy (non-hydrogen) atoms. The van der Waals surface area contributed by atoms with Crippen LogP contribution in [0.1, 0.15) is 26.4 Å². The van der Waals surface area contributed by atoms with Crippen molar-refractivity contribution in [3.63, 3.8) is 0 Å². The summed E-state index contributed by atoms with van der Waals surface area (Å²) in [6, 6.07) is 9.47. The molecule has 0 fully saturated rings. The van der Waals surface area contributed by atoms with Crippen molar-refractivity contribution in [3.8, 4) is 0 Å². The Morgan fingerprint density at radius 1 is 1.18 bits per heavy atom. The van der Waals surface area contributed by atoms with Crippen molar-refractivity contribution in [2.75, 3.05) is 13.6 Å². The number of carbonyl (C=O) groups is 2. The Morgan fingerprint density at radius 3 is 2.59 bits per heavy atom. The van der Waals surface area contributed by atoms with Crippen molar-refractivity contribution in [3.05, 3.63) is 57.3 Å². The number of nitrogens with zero attached hydrogens (tertiary/aromatic N) is 1. The van der Waals surface area contributed by atoms with E-state index >= 15 is 0 Å². The Bertz CT molecular complexity index is 665. The Morgan fingerprint density at radius 2 is 1.95 bits per heavy atom. The third-order valence-corrected chi connectivity index (χ3v) is 4.43. The molecule has 0 saturated carbocycles. The summed E-state index contributed by atoms with van der Waals surface area (Å²) < 4.78 is 0. The largest absolute Gasteiger partial charge is 0.343 e. The van der Waals surface area contributed by atoms with Gasteiger partial charge >= 0.3 is 0 Å². The highest BCUT2D eigenvalue weighted by atomic mass is 32.1. The summed E-state index contributed by atoms with van der Waals surface area (Å²) in [6.07, 6.45) is 0. The van der Waals surface area contributed by atoms with Crippen LogP contribution >= 0.6 is 11.3 Å². The quantitative estimate of drug-likeness (QED) is 0.922. The predicted molar refractivity (Wildman–Crippen MR) is 89.0 cm³/mol. The second kappa shape index (κ2) is 7.22. The number of hydrogen-bond donors (Lipinski definition) is 1. The van der Waals surface area contributed by atoms with E-state index in [0.29, 0.717) is 12.1 Å². The number of benzene rings is 1. The molecule has 2 amide bonds. The molecule has 0 aliphatic heterocycles. The lowest BCUT2D eigenvalue weighted by Gasteiger charge is -2.16. The molecule has 0 saturated heterocycles. The SMILES string of the molecule is Cc1ccc(C(=O)NCC(=O)N(C)Cc2cccs2)cc1C. The molecule has 1 N–H and O–H groups in total. The van der Waals surface area contributed by atoms with Crippen molar-refractivity contribution >= 4 is 23.2 Å². The highest BCUT2D eigenvalue weighted by Gasteiger charge is 2.12. The lowest BCUT2D eigenvalue weighted by Crippen LogP contribution is -2.37. The van der Waals surface area contributed by atoms with E-state index in [1.165, 1.54) is 0 Å². The average Bonchev–Trinajstić information content (AvgIpc) is 3.00. The van der Waals surface area contributed by atoms with Crippen LogP contribution < -0.4 is 5.32 Å². The van der Waals surface area contributed by atoms with Gasteiger partial charge in [0.05, 0.1) is 13.1 Å². The summed E-state index contributed by atoms with van der Waals surface area (Å²) in [6.45, 7) is 4.54. The number of rotatable bonds is 5. The summed E-state index contributed by atoms with van der Waals surface area (Å²) in [5.74, 6) is -0.327. The molecule has 0 radical (unpaired) electrons. The molecule has 0 aliphatic carbocycles. The zero-order chi connectivity index (χ0) is 16.1. The summed E-state index contributed by atoms with van der Waals surface area (Å²) in [4.78, 5) is 26.9. The maximum atomic E-state index is 12.1. The molecular formula is C17H20N2O2S. The maximum Gasteiger partial charge on any atom is 0.251 e. The fraction of sp³-hybridized carbons (Fsp3) is 0.294. The van der Waals surface area contributed by atoms with Crippen molar-refractivity contribution in [2.24, 2.45) is 0 Å². The van der Waals surface area contributed by atoms with Gasteiger partial charge in [-0.25, -0.2) is 0 Å². The van der Waals surface area contributed by atoms with Crippen LogP contribution in [-0.4, -0.2) is 30.3 Å². The molecule has 0 atom stereocenters. The van der Waals surface area contributed by atoms with Gasteiger partial charge in [-0.1, -0.05) is 12.1 Å². The number of hydrogen-bond acceptors (Lipinski definition) is 3. The van der Waals surface area contributed by atoms with Crippen LogP contribution in [0.3, 0.4) is 0 Å². The van der Waals surface area contributed by atoms with Crippen LogP contribution in [0.4, 0.5) is 0 Å². The standard InChI is InChI=1S/C17H20N2O2S/c1-12-6-7-14(9-13(12)2)17(21)18-10-16(20)19(3)11-15-5-4-8-22-15/h4-9H,10-11H2,1-3H3,(H,18,21). The van der Waals surface area contributed by atoms with Gasteiger partial charge in [-0.15, -0.1) is 11.3 Å². The number of carbonyl (C=O) groups excluding carboxylic acids is 2. The maximum absolute atomic E-state index is 12.1. The van der Waals surface area contributed by atoms with E-state index in [2.05, 4.69) is 5.32 Å². The number of amides is 2. The van der Waals surface area contributed by atoms with Crippen LogP contribution in [0.25, 0.3) is 0 Å².